The molecule has 128 valence electrons. The Morgan fingerprint density at radius 3 is 2.88 bits per heavy atom. The quantitative estimate of drug-likeness (QED) is 0.861. The largest absolute Gasteiger partial charge is 0.334 e. The number of nitriles is 1. The first-order chi connectivity index (χ1) is 12.1. The highest BCUT2D eigenvalue weighted by atomic mass is 16.2. The summed E-state index contributed by atoms with van der Waals surface area (Å²) < 4.78 is 0. The fourth-order valence-corrected chi connectivity index (χ4v) is 3.59. The lowest BCUT2D eigenvalue weighted by Gasteiger charge is -2.31. The number of rotatable bonds is 4. The Kier molecular flexibility index (Phi) is 5.11. The van der Waals surface area contributed by atoms with Crippen molar-refractivity contribution in [2.45, 2.75) is 24.9 Å². The summed E-state index contributed by atoms with van der Waals surface area (Å²) in [6.45, 7) is 0.726. The molecule has 5 nitrogen and oxygen atoms in total. The van der Waals surface area contributed by atoms with E-state index < -0.39 is 0 Å². The van der Waals surface area contributed by atoms with Crippen LogP contribution in [0.3, 0.4) is 0 Å². The second kappa shape index (κ2) is 7.45. The lowest BCUT2D eigenvalue weighted by molar-refractivity contribution is 0.0704. The van der Waals surface area contributed by atoms with Crippen LogP contribution in [0.2, 0.25) is 0 Å². The van der Waals surface area contributed by atoms with Crippen LogP contribution in [-0.2, 0) is 6.42 Å². The minimum Gasteiger partial charge on any atom is -0.334 e. The van der Waals surface area contributed by atoms with Crippen molar-refractivity contribution in [2.24, 2.45) is 0 Å². The molecule has 0 bridgehead atoms. The fourth-order valence-electron chi connectivity index (χ4n) is 3.59. The molecule has 0 radical (unpaired) electrons. The van der Waals surface area contributed by atoms with Crippen molar-refractivity contribution >= 4 is 5.91 Å². The SMILES string of the molecule is CN(C)[C@@H]1CCN(C(=O)c2cccc(C#N)c2)[C@H]1Cc1cccnc1. The van der Waals surface area contributed by atoms with Gasteiger partial charge in [0.05, 0.1) is 17.7 Å². The van der Waals surface area contributed by atoms with E-state index in [1.165, 1.54) is 0 Å². The second-order valence-electron chi connectivity index (χ2n) is 6.64. The summed E-state index contributed by atoms with van der Waals surface area (Å²) in [5, 5.41) is 9.08. The maximum atomic E-state index is 13.1. The van der Waals surface area contributed by atoms with E-state index in [-0.39, 0.29) is 11.9 Å². The second-order valence-corrected chi connectivity index (χ2v) is 6.64. The van der Waals surface area contributed by atoms with Gasteiger partial charge in [0.1, 0.15) is 0 Å². The molecule has 1 aromatic carbocycles. The van der Waals surface area contributed by atoms with Gasteiger partial charge in [-0.1, -0.05) is 12.1 Å². The van der Waals surface area contributed by atoms with Gasteiger partial charge in [0, 0.05) is 30.5 Å². The van der Waals surface area contributed by atoms with E-state index >= 15 is 0 Å². The molecule has 0 aliphatic carbocycles. The summed E-state index contributed by atoms with van der Waals surface area (Å²) in [5.41, 5.74) is 2.22. The average Bonchev–Trinajstić information content (AvgIpc) is 3.05. The lowest BCUT2D eigenvalue weighted by atomic mass is 10.00. The normalized spacial score (nSPS) is 19.8. The molecular weight excluding hydrogens is 312 g/mol. The van der Waals surface area contributed by atoms with Crippen molar-refractivity contribution in [3.05, 3.63) is 65.5 Å². The molecule has 1 amide bonds. The number of pyridine rings is 1. The molecule has 25 heavy (non-hydrogen) atoms. The van der Waals surface area contributed by atoms with E-state index in [1.807, 2.05) is 17.2 Å². The monoisotopic (exact) mass is 334 g/mol. The third-order valence-electron chi connectivity index (χ3n) is 4.84. The summed E-state index contributed by atoms with van der Waals surface area (Å²) in [6.07, 6.45) is 5.35. The van der Waals surface area contributed by atoms with Gasteiger partial charge in [-0.25, -0.2) is 0 Å². The summed E-state index contributed by atoms with van der Waals surface area (Å²) in [6, 6.07) is 13.4. The Hall–Kier alpha value is -2.71. The van der Waals surface area contributed by atoms with E-state index in [9.17, 15) is 4.79 Å². The molecule has 2 heterocycles. The van der Waals surface area contributed by atoms with Crippen LogP contribution in [-0.4, -0.2) is 53.4 Å². The number of hydrogen-bond donors (Lipinski definition) is 0. The molecule has 0 spiro atoms. The van der Waals surface area contributed by atoms with Gasteiger partial charge >= 0.3 is 0 Å². The Morgan fingerprint density at radius 1 is 1.36 bits per heavy atom. The number of carbonyl (C=O) groups excluding carboxylic acids is 1. The van der Waals surface area contributed by atoms with Gasteiger partial charge in [0.15, 0.2) is 0 Å². The minimum absolute atomic E-state index is 0.00431. The molecule has 1 aromatic heterocycles. The summed E-state index contributed by atoms with van der Waals surface area (Å²) >= 11 is 0. The number of hydrogen-bond acceptors (Lipinski definition) is 4. The Bertz CT molecular complexity index is 782. The highest BCUT2D eigenvalue weighted by Crippen LogP contribution is 2.26. The van der Waals surface area contributed by atoms with E-state index in [4.69, 9.17) is 5.26 Å². The van der Waals surface area contributed by atoms with Crippen molar-refractivity contribution in [3.63, 3.8) is 0 Å². The smallest absolute Gasteiger partial charge is 0.254 e. The van der Waals surface area contributed by atoms with Gasteiger partial charge in [0.25, 0.3) is 5.91 Å². The molecule has 5 heteroatoms. The third kappa shape index (κ3) is 3.70. The third-order valence-corrected chi connectivity index (χ3v) is 4.84. The highest BCUT2D eigenvalue weighted by Gasteiger charge is 2.38. The zero-order chi connectivity index (χ0) is 17.8. The fraction of sp³-hybridized carbons (Fsp3) is 0.350. The number of likely N-dealkylation sites (N-methyl/N-ethyl adjacent to an activating group) is 1. The summed E-state index contributed by atoms with van der Waals surface area (Å²) in [4.78, 5) is 21.4. The maximum Gasteiger partial charge on any atom is 0.254 e. The number of nitrogens with zero attached hydrogens (tertiary/aromatic N) is 4. The molecular formula is C20H22N4O. The van der Waals surface area contributed by atoms with Gasteiger partial charge in [-0.05, 0) is 56.8 Å². The van der Waals surface area contributed by atoms with Crippen LogP contribution >= 0.6 is 0 Å². The molecule has 0 saturated carbocycles. The standard InChI is InChI=1S/C20H22N4O/c1-23(2)18-8-10-24(19(18)12-16-6-4-9-22-14-16)20(25)17-7-3-5-15(11-17)13-21/h3-7,9,11,14,18-19H,8,10,12H2,1-2H3/t18-,19+/m1/s1. The molecule has 3 rings (SSSR count). The van der Waals surface area contributed by atoms with Gasteiger partial charge in [0.2, 0.25) is 0 Å². The predicted molar refractivity (Wildman–Crippen MR) is 96.0 cm³/mol. The van der Waals surface area contributed by atoms with Gasteiger partial charge in [-0.2, -0.15) is 5.26 Å². The predicted octanol–water partition coefficient (Wildman–Crippen LogP) is 2.34. The van der Waals surface area contributed by atoms with Crippen molar-refractivity contribution in [2.75, 3.05) is 20.6 Å². The van der Waals surface area contributed by atoms with E-state index in [0.29, 0.717) is 17.2 Å². The van der Waals surface area contributed by atoms with E-state index in [0.717, 1.165) is 24.9 Å². The van der Waals surface area contributed by atoms with Crippen molar-refractivity contribution in [3.8, 4) is 6.07 Å². The van der Waals surface area contributed by atoms with Crippen LogP contribution in [0.25, 0.3) is 0 Å². The molecule has 2 atom stereocenters. The van der Waals surface area contributed by atoms with Crippen LogP contribution in [0.5, 0.6) is 0 Å². The molecule has 1 aliphatic rings. The molecule has 1 aliphatic heterocycles. The Balaban J connectivity index is 1.87. The number of likely N-dealkylation sites (tertiary alicyclic amines) is 1. The summed E-state index contributed by atoms with van der Waals surface area (Å²) in [5.74, 6) is -0.00431. The number of carbonyl (C=O) groups is 1. The first-order valence-corrected chi connectivity index (χ1v) is 8.46. The van der Waals surface area contributed by atoms with Crippen LogP contribution in [0.1, 0.15) is 27.9 Å². The molecule has 0 unspecified atom stereocenters. The number of amides is 1. The van der Waals surface area contributed by atoms with Crippen LogP contribution in [0.4, 0.5) is 0 Å². The van der Waals surface area contributed by atoms with E-state index in [1.54, 1.807) is 30.5 Å². The zero-order valence-electron chi connectivity index (χ0n) is 14.6. The van der Waals surface area contributed by atoms with Gasteiger partial charge in [-0.3, -0.25) is 9.78 Å². The van der Waals surface area contributed by atoms with Crippen molar-refractivity contribution < 1.29 is 4.79 Å². The molecule has 2 aromatic rings. The maximum absolute atomic E-state index is 13.1. The lowest BCUT2D eigenvalue weighted by Crippen LogP contribution is -2.45. The van der Waals surface area contributed by atoms with Crippen LogP contribution in [0, 0.1) is 11.3 Å². The van der Waals surface area contributed by atoms with Crippen molar-refractivity contribution in [1.82, 2.24) is 14.8 Å². The first kappa shape index (κ1) is 17.1. The average molecular weight is 334 g/mol. The highest BCUT2D eigenvalue weighted by molar-refractivity contribution is 5.95. The van der Waals surface area contributed by atoms with Crippen LogP contribution < -0.4 is 0 Å². The van der Waals surface area contributed by atoms with Gasteiger partial charge < -0.3 is 9.80 Å². The number of benzene rings is 1. The molecule has 1 fully saturated rings. The van der Waals surface area contributed by atoms with Gasteiger partial charge in [-0.15, -0.1) is 0 Å². The zero-order valence-corrected chi connectivity index (χ0v) is 14.6. The number of aromatic nitrogens is 1. The molecule has 1 saturated heterocycles. The topological polar surface area (TPSA) is 60.2 Å². The van der Waals surface area contributed by atoms with E-state index in [2.05, 4.69) is 36.1 Å². The summed E-state index contributed by atoms with van der Waals surface area (Å²) in [7, 11) is 4.12. The Labute approximate surface area is 148 Å². The minimum atomic E-state index is -0.00431. The molecule has 0 N–H and O–H groups in total. The van der Waals surface area contributed by atoms with Crippen molar-refractivity contribution in [1.29, 1.82) is 5.26 Å². The first-order valence-electron chi connectivity index (χ1n) is 8.46. The Morgan fingerprint density at radius 2 is 2.20 bits per heavy atom. The van der Waals surface area contributed by atoms with Crippen LogP contribution in [0.15, 0.2) is 48.8 Å².